The van der Waals surface area contributed by atoms with E-state index in [1.165, 1.54) is 18.3 Å². The van der Waals surface area contributed by atoms with Gasteiger partial charge < -0.3 is 5.32 Å². The van der Waals surface area contributed by atoms with Crippen molar-refractivity contribution in [1.29, 1.82) is 0 Å². The summed E-state index contributed by atoms with van der Waals surface area (Å²) in [7, 11) is 0. The Balaban J connectivity index is 2.20. The lowest BCUT2D eigenvalue weighted by molar-refractivity contribution is 0.102. The minimum absolute atomic E-state index is 0.0764. The third kappa shape index (κ3) is 2.88. The molecule has 0 fully saturated rings. The van der Waals surface area contributed by atoms with Gasteiger partial charge in [0.15, 0.2) is 0 Å². The number of hydrogen-bond donors (Lipinski definition) is 1. The molecular weight excluding hydrogens is 287 g/mol. The van der Waals surface area contributed by atoms with Gasteiger partial charge in [-0.05, 0) is 30.3 Å². The smallest absolute Gasteiger partial charge is 0.260 e. The topological polar surface area (TPSA) is 42.0 Å². The average molecular weight is 295 g/mol. The van der Waals surface area contributed by atoms with Crippen LogP contribution < -0.4 is 5.32 Å². The first-order valence-corrected chi connectivity index (χ1v) is 5.63. The number of carbonyl (C=O) groups excluding carboxylic acids is 1. The molecule has 1 amide bonds. The summed E-state index contributed by atoms with van der Waals surface area (Å²) in [5.41, 5.74) is 0.514. The SMILES string of the molecule is O=C(Nc1cccc(Br)c1)c1cccnc1F. The molecule has 0 aliphatic heterocycles. The predicted octanol–water partition coefficient (Wildman–Crippen LogP) is 3.24. The molecular formula is C12H8BrFN2O. The second-order valence-corrected chi connectivity index (χ2v) is 4.22. The summed E-state index contributed by atoms with van der Waals surface area (Å²) < 4.78 is 14.1. The Morgan fingerprint density at radius 3 is 2.82 bits per heavy atom. The number of nitrogens with one attached hydrogen (secondary N) is 1. The van der Waals surface area contributed by atoms with Gasteiger partial charge in [-0.3, -0.25) is 4.79 Å². The van der Waals surface area contributed by atoms with Gasteiger partial charge in [0.05, 0.1) is 5.56 Å². The van der Waals surface area contributed by atoms with E-state index in [9.17, 15) is 9.18 Å². The number of nitrogens with zero attached hydrogens (tertiary/aromatic N) is 1. The average Bonchev–Trinajstić information content (AvgIpc) is 2.29. The lowest BCUT2D eigenvalue weighted by atomic mass is 10.2. The van der Waals surface area contributed by atoms with Crippen molar-refractivity contribution < 1.29 is 9.18 Å². The van der Waals surface area contributed by atoms with Gasteiger partial charge in [0.2, 0.25) is 5.95 Å². The van der Waals surface area contributed by atoms with Crippen LogP contribution in [-0.2, 0) is 0 Å². The van der Waals surface area contributed by atoms with E-state index in [-0.39, 0.29) is 5.56 Å². The molecule has 0 radical (unpaired) electrons. The molecule has 0 saturated heterocycles. The quantitative estimate of drug-likeness (QED) is 0.864. The number of rotatable bonds is 2. The van der Waals surface area contributed by atoms with Crippen molar-refractivity contribution in [3.63, 3.8) is 0 Å². The van der Waals surface area contributed by atoms with E-state index in [1.807, 2.05) is 6.07 Å². The molecule has 0 unspecified atom stereocenters. The van der Waals surface area contributed by atoms with Crippen LogP contribution in [0.1, 0.15) is 10.4 Å². The Morgan fingerprint density at radius 2 is 2.12 bits per heavy atom. The van der Waals surface area contributed by atoms with E-state index in [4.69, 9.17) is 0 Å². The van der Waals surface area contributed by atoms with Crippen molar-refractivity contribution in [1.82, 2.24) is 4.98 Å². The number of halogens is 2. The largest absolute Gasteiger partial charge is 0.322 e. The van der Waals surface area contributed by atoms with Gasteiger partial charge in [-0.1, -0.05) is 22.0 Å². The lowest BCUT2D eigenvalue weighted by Gasteiger charge is -2.05. The Labute approximate surface area is 106 Å². The monoisotopic (exact) mass is 294 g/mol. The van der Waals surface area contributed by atoms with Crippen molar-refractivity contribution in [2.75, 3.05) is 5.32 Å². The molecule has 1 aromatic carbocycles. The number of anilines is 1. The van der Waals surface area contributed by atoms with Crippen LogP contribution in [0.3, 0.4) is 0 Å². The highest BCUT2D eigenvalue weighted by atomic mass is 79.9. The second-order valence-electron chi connectivity index (χ2n) is 3.31. The fourth-order valence-corrected chi connectivity index (χ4v) is 1.72. The molecule has 1 N–H and O–H groups in total. The Hall–Kier alpha value is -1.75. The van der Waals surface area contributed by atoms with Crippen molar-refractivity contribution in [3.8, 4) is 0 Å². The molecule has 1 heterocycles. The number of pyridine rings is 1. The number of aromatic nitrogens is 1. The fraction of sp³-hybridized carbons (Fsp3) is 0. The third-order valence-corrected chi connectivity index (χ3v) is 2.58. The molecule has 0 aliphatic rings. The second kappa shape index (κ2) is 5.05. The first-order valence-electron chi connectivity index (χ1n) is 4.84. The predicted molar refractivity (Wildman–Crippen MR) is 66.3 cm³/mol. The molecule has 0 spiro atoms. The van der Waals surface area contributed by atoms with Gasteiger partial charge >= 0.3 is 0 Å². The summed E-state index contributed by atoms with van der Waals surface area (Å²) >= 11 is 3.29. The summed E-state index contributed by atoms with van der Waals surface area (Å²) in [5.74, 6) is -1.30. The summed E-state index contributed by atoms with van der Waals surface area (Å²) in [4.78, 5) is 15.2. The standard InChI is InChI=1S/C12H8BrFN2O/c13-8-3-1-4-9(7-8)16-12(17)10-5-2-6-15-11(10)14/h1-7H,(H,16,17). The summed E-state index contributed by atoms with van der Waals surface area (Å²) in [6.45, 7) is 0. The van der Waals surface area contributed by atoms with Gasteiger partial charge in [0, 0.05) is 16.4 Å². The maximum absolute atomic E-state index is 13.2. The molecule has 2 rings (SSSR count). The van der Waals surface area contributed by atoms with Crippen molar-refractivity contribution in [2.24, 2.45) is 0 Å². The molecule has 0 saturated carbocycles. The summed E-state index contributed by atoms with van der Waals surface area (Å²) in [5, 5.41) is 2.59. The van der Waals surface area contributed by atoms with Crippen LogP contribution in [0.25, 0.3) is 0 Å². The molecule has 5 heteroatoms. The van der Waals surface area contributed by atoms with Gasteiger partial charge in [-0.25, -0.2) is 4.98 Å². The zero-order valence-electron chi connectivity index (χ0n) is 8.65. The molecule has 17 heavy (non-hydrogen) atoms. The molecule has 3 nitrogen and oxygen atoms in total. The summed E-state index contributed by atoms with van der Waals surface area (Å²) in [6.07, 6.45) is 1.30. The highest BCUT2D eigenvalue weighted by Crippen LogP contribution is 2.16. The van der Waals surface area contributed by atoms with Crippen LogP contribution in [0.2, 0.25) is 0 Å². The van der Waals surface area contributed by atoms with E-state index in [1.54, 1.807) is 18.2 Å². The number of benzene rings is 1. The van der Waals surface area contributed by atoms with Gasteiger partial charge in [0.1, 0.15) is 0 Å². The van der Waals surface area contributed by atoms with E-state index in [0.29, 0.717) is 5.69 Å². The maximum atomic E-state index is 13.2. The minimum atomic E-state index is -0.778. The fourth-order valence-electron chi connectivity index (χ4n) is 1.32. The lowest BCUT2D eigenvalue weighted by Crippen LogP contribution is -2.14. The normalized spacial score (nSPS) is 10.0. The van der Waals surface area contributed by atoms with Gasteiger partial charge in [-0.15, -0.1) is 0 Å². The number of carbonyl (C=O) groups is 1. The van der Waals surface area contributed by atoms with Gasteiger partial charge in [-0.2, -0.15) is 4.39 Å². The molecule has 0 atom stereocenters. The number of amides is 1. The highest BCUT2D eigenvalue weighted by molar-refractivity contribution is 9.10. The maximum Gasteiger partial charge on any atom is 0.260 e. The van der Waals surface area contributed by atoms with Crippen LogP contribution in [0.15, 0.2) is 47.1 Å². The van der Waals surface area contributed by atoms with Crippen LogP contribution in [-0.4, -0.2) is 10.9 Å². The number of hydrogen-bond acceptors (Lipinski definition) is 2. The van der Waals surface area contributed by atoms with E-state index >= 15 is 0 Å². The Morgan fingerprint density at radius 1 is 1.29 bits per heavy atom. The molecule has 0 aliphatic carbocycles. The zero-order valence-corrected chi connectivity index (χ0v) is 10.2. The molecule has 0 bridgehead atoms. The Bertz CT molecular complexity index is 560. The van der Waals surface area contributed by atoms with Crippen molar-refractivity contribution >= 4 is 27.5 Å². The van der Waals surface area contributed by atoms with E-state index in [0.717, 1.165) is 4.47 Å². The van der Waals surface area contributed by atoms with Crippen molar-refractivity contribution in [3.05, 3.63) is 58.6 Å². The highest BCUT2D eigenvalue weighted by Gasteiger charge is 2.11. The molecule has 2 aromatic rings. The minimum Gasteiger partial charge on any atom is -0.322 e. The molecule has 1 aromatic heterocycles. The third-order valence-electron chi connectivity index (χ3n) is 2.09. The molecule has 86 valence electrons. The van der Waals surface area contributed by atoms with Crippen molar-refractivity contribution in [2.45, 2.75) is 0 Å². The van der Waals surface area contributed by atoms with E-state index in [2.05, 4.69) is 26.2 Å². The van der Waals surface area contributed by atoms with E-state index < -0.39 is 11.9 Å². The van der Waals surface area contributed by atoms with Crippen LogP contribution in [0.5, 0.6) is 0 Å². The van der Waals surface area contributed by atoms with Crippen LogP contribution in [0.4, 0.5) is 10.1 Å². The first-order chi connectivity index (χ1) is 8.16. The Kier molecular flexibility index (Phi) is 3.49. The van der Waals surface area contributed by atoms with Gasteiger partial charge in [0.25, 0.3) is 5.91 Å². The van der Waals surface area contributed by atoms with Crippen LogP contribution in [0, 0.1) is 5.95 Å². The zero-order chi connectivity index (χ0) is 12.3. The van der Waals surface area contributed by atoms with Crippen LogP contribution >= 0.6 is 15.9 Å². The first kappa shape index (κ1) is 11.7. The summed E-state index contributed by atoms with van der Waals surface area (Å²) in [6, 6.07) is 9.96.